The van der Waals surface area contributed by atoms with E-state index >= 15 is 0 Å². The van der Waals surface area contributed by atoms with Crippen molar-refractivity contribution in [3.8, 4) is 11.5 Å². The van der Waals surface area contributed by atoms with Gasteiger partial charge in [0, 0.05) is 55.1 Å². The number of ether oxygens (including phenoxy) is 3. The Labute approximate surface area is 228 Å². The van der Waals surface area contributed by atoms with E-state index in [-0.39, 0.29) is 35.5 Å². The summed E-state index contributed by atoms with van der Waals surface area (Å²) in [5.41, 5.74) is 3.41. The minimum Gasteiger partial charge on any atom is -0.493 e. The second-order valence-corrected chi connectivity index (χ2v) is 12.0. The second-order valence-electron chi connectivity index (χ2n) is 12.0. The molecule has 1 aromatic carbocycles. The number of esters is 1. The molecule has 3 fully saturated rings. The quantitative estimate of drug-likeness (QED) is 0.396. The molecule has 39 heavy (non-hydrogen) atoms. The van der Waals surface area contributed by atoms with Gasteiger partial charge in [0.15, 0.2) is 11.5 Å². The van der Waals surface area contributed by atoms with Gasteiger partial charge in [0.05, 0.1) is 25.7 Å². The first kappa shape index (κ1) is 24.8. The van der Waals surface area contributed by atoms with Crippen LogP contribution in [0.5, 0.6) is 11.5 Å². The van der Waals surface area contributed by atoms with Gasteiger partial charge in [-0.25, -0.2) is 0 Å². The van der Waals surface area contributed by atoms with E-state index in [4.69, 9.17) is 18.6 Å². The van der Waals surface area contributed by atoms with E-state index in [9.17, 15) is 9.59 Å². The lowest BCUT2D eigenvalue weighted by Gasteiger charge is -2.60. The summed E-state index contributed by atoms with van der Waals surface area (Å²) in [7, 11) is 3.61. The summed E-state index contributed by atoms with van der Waals surface area (Å²) in [5.74, 6) is 2.33. The molecule has 3 heterocycles. The van der Waals surface area contributed by atoms with Gasteiger partial charge in [-0.15, -0.1) is 0 Å². The Bertz CT molecular complexity index is 1320. The molecule has 2 aromatic rings. The van der Waals surface area contributed by atoms with Gasteiger partial charge in [0.25, 0.3) is 0 Å². The van der Waals surface area contributed by atoms with E-state index < -0.39 is 0 Å². The first-order valence-electron chi connectivity index (χ1n) is 14.2. The number of carbonyl (C=O) groups is 2. The van der Waals surface area contributed by atoms with Crippen LogP contribution in [0.25, 0.3) is 6.08 Å². The van der Waals surface area contributed by atoms with Crippen LogP contribution < -0.4 is 9.47 Å². The molecule has 206 valence electrons. The molecule has 2 aliphatic heterocycles. The zero-order chi connectivity index (χ0) is 26.9. The predicted octanol–water partition coefficient (Wildman–Crippen LogP) is 3.82. The number of likely N-dealkylation sites (tertiary alicyclic amines) is 1. The van der Waals surface area contributed by atoms with Gasteiger partial charge in [0.1, 0.15) is 12.2 Å². The van der Waals surface area contributed by atoms with Crippen LogP contribution in [0.3, 0.4) is 0 Å². The number of amides is 1. The van der Waals surface area contributed by atoms with Crippen LogP contribution in [-0.2, 0) is 26.2 Å². The highest BCUT2D eigenvalue weighted by atomic mass is 16.5. The average molecular weight is 533 g/mol. The molecular weight excluding hydrogens is 496 g/mol. The van der Waals surface area contributed by atoms with Crippen molar-refractivity contribution in [2.75, 3.05) is 27.2 Å². The van der Waals surface area contributed by atoms with Crippen molar-refractivity contribution >= 4 is 18.0 Å². The van der Waals surface area contributed by atoms with E-state index in [1.807, 2.05) is 24.1 Å². The fourth-order valence-electron chi connectivity index (χ4n) is 8.26. The van der Waals surface area contributed by atoms with Gasteiger partial charge in [-0.05, 0) is 68.3 Å². The highest BCUT2D eigenvalue weighted by Crippen LogP contribution is 2.64. The number of piperidine rings is 1. The Kier molecular flexibility index (Phi) is 5.81. The lowest BCUT2D eigenvalue weighted by atomic mass is 9.51. The van der Waals surface area contributed by atoms with Crippen molar-refractivity contribution in [3.05, 3.63) is 53.5 Å². The SMILES string of the molecule is COc1ccc2c3c1O[C@H]1[C@@H](N(C)C(=O)C=Cc4ccoc4)CC[C@H]4[C@@H](C2)N(CC2CC2OC(C)=O)CC[C@@]341. The Morgan fingerprint density at radius 3 is 2.90 bits per heavy atom. The minimum absolute atomic E-state index is 0.0298. The molecule has 3 aliphatic carbocycles. The van der Waals surface area contributed by atoms with Crippen molar-refractivity contribution in [2.24, 2.45) is 11.8 Å². The first-order valence-corrected chi connectivity index (χ1v) is 14.2. The first-order chi connectivity index (χ1) is 18.9. The monoisotopic (exact) mass is 532 g/mol. The number of nitrogens with zero attached hydrogens (tertiary/aromatic N) is 2. The van der Waals surface area contributed by atoms with Crippen LogP contribution in [0.2, 0.25) is 0 Å². The van der Waals surface area contributed by atoms with Crippen LogP contribution in [0, 0.1) is 11.8 Å². The highest BCUT2D eigenvalue weighted by Gasteiger charge is 2.66. The Morgan fingerprint density at radius 1 is 1.26 bits per heavy atom. The standard InChI is InChI=1S/C31H36N2O6/c1-18(34)38-26-15-21(26)16-33-12-11-31-22-6-7-23(32(2)27(35)9-4-19-10-13-37-17-19)30(31)39-29-25(36-3)8-5-20(28(29)31)14-24(22)33/h4-5,8-10,13,17,21-24,26,30H,6-7,11-12,14-16H2,1-3H3/t21?,22-,23-,24+,26?,30-,31-/m0/s1. The molecule has 2 saturated carbocycles. The van der Waals surface area contributed by atoms with Gasteiger partial charge in [-0.2, -0.15) is 0 Å². The van der Waals surface area contributed by atoms with Crippen LogP contribution in [0.4, 0.5) is 0 Å². The summed E-state index contributed by atoms with van der Waals surface area (Å²) in [6.07, 6.45) is 11.5. The average Bonchev–Trinajstić information content (AvgIpc) is 3.28. The maximum absolute atomic E-state index is 13.3. The zero-order valence-corrected chi connectivity index (χ0v) is 22.8. The predicted molar refractivity (Wildman–Crippen MR) is 143 cm³/mol. The third kappa shape index (κ3) is 3.82. The Morgan fingerprint density at radius 2 is 2.13 bits per heavy atom. The number of hydrogen-bond acceptors (Lipinski definition) is 7. The van der Waals surface area contributed by atoms with E-state index in [1.165, 1.54) is 18.1 Å². The van der Waals surface area contributed by atoms with E-state index in [2.05, 4.69) is 11.0 Å². The minimum atomic E-state index is -0.185. The van der Waals surface area contributed by atoms with Crippen molar-refractivity contribution in [1.29, 1.82) is 0 Å². The second kappa shape index (κ2) is 9.15. The van der Waals surface area contributed by atoms with E-state index in [1.54, 1.807) is 31.8 Å². The Balaban J connectivity index is 1.20. The molecule has 8 nitrogen and oxygen atoms in total. The number of furan rings is 1. The van der Waals surface area contributed by atoms with Gasteiger partial charge >= 0.3 is 5.97 Å². The molecule has 1 spiro atoms. The van der Waals surface area contributed by atoms with E-state index in [0.29, 0.717) is 17.9 Å². The number of benzene rings is 1. The van der Waals surface area contributed by atoms with Crippen molar-refractivity contribution < 1.29 is 28.2 Å². The fraction of sp³-hybridized carbons (Fsp3) is 0.548. The summed E-state index contributed by atoms with van der Waals surface area (Å²) in [5, 5.41) is 0. The van der Waals surface area contributed by atoms with E-state index in [0.717, 1.165) is 62.3 Å². The number of methoxy groups -OCH3 is 1. The largest absolute Gasteiger partial charge is 0.493 e. The maximum atomic E-state index is 13.3. The molecule has 5 aliphatic rings. The molecule has 8 heteroatoms. The van der Waals surface area contributed by atoms with Gasteiger partial charge in [0.2, 0.25) is 5.91 Å². The molecule has 0 radical (unpaired) electrons. The molecule has 1 saturated heterocycles. The highest BCUT2D eigenvalue weighted by molar-refractivity contribution is 5.91. The number of hydrogen-bond donors (Lipinski definition) is 0. The lowest BCUT2D eigenvalue weighted by Crippen LogP contribution is -2.69. The smallest absolute Gasteiger partial charge is 0.302 e. The van der Waals surface area contributed by atoms with Crippen LogP contribution in [0.1, 0.15) is 49.3 Å². The maximum Gasteiger partial charge on any atom is 0.302 e. The van der Waals surface area contributed by atoms with Gasteiger partial charge in [-0.3, -0.25) is 14.5 Å². The molecule has 7 rings (SSSR count). The lowest BCUT2D eigenvalue weighted by molar-refractivity contribution is -0.142. The summed E-state index contributed by atoms with van der Waals surface area (Å²) < 4.78 is 23.3. The number of likely N-dealkylation sites (N-methyl/N-ethyl adjacent to an activating group) is 1. The van der Waals surface area contributed by atoms with Crippen LogP contribution in [-0.4, -0.2) is 73.2 Å². The fourth-order valence-corrected chi connectivity index (χ4v) is 8.26. The zero-order valence-electron chi connectivity index (χ0n) is 22.8. The van der Waals surface area contributed by atoms with Crippen molar-refractivity contribution in [2.45, 2.75) is 68.7 Å². The summed E-state index contributed by atoms with van der Waals surface area (Å²) >= 11 is 0. The molecular formula is C31H36N2O6. The van der Waals surface area contributed by atoms with Gasteiger partial charge < -0.3 is 23.5 Å². The van der Waals surface area contributed by atoms with Crippen LogP contribution >= 0.6 is 0 Å². The topological polar surface area (TPSA) is 81.5 Å². The third-order valence-corrected chi connectivity index (χ3v) is 10.1. The summed E-state index contributed by atoms with van der Waals surface area (Å²) in [4.78, 5) is 29.3. The molecule has 2 unspecified atom stereocenters. The molecule has 2 bridgehead atoms. The normalized spacial score (nSPS) is 33.8. The number of carbonyl (C=O) groups excluding carboxylic acids is 2. The van der Waals surface area contributed by atoms with Crippen LogP contribution in [0.15, 0.2) is 41.2 Å². The molecule has 0 N–H and O–H groups in total. The van der Waals surface area contributed by atoms with Crippen molar-refractivity contribution in [1.82, 2.24) is 9.80 Å². The Hall–Kier alpha value is -3.26. The third-order valence-electron chi connectivity index (χ3n) is 10.1. The summed E-state index contributed by atoms with van der Waals surface area (Å²) in [6.45, 7) is 3.45. The molecule has 1 amide bonds. The molecule has 7 atom stereocenters. The number of rotatable bonds is 7. The van der Waals surface area contributed by atoms with Gasteiger partial charge in [-0.1, -0.05) is 6.07 Å². The summed E-state index contributed by atoms with van der Waals surface area (Å²) in [6, 6.07) is 6.48. The van der Waals surface area contributed by atoms with Crippen molar-refractivity contribution in [3.63, 3.8) is 0 Å². The molecule has 1 aromatic heterocycles.